The van der Waals surface area contributed by atoms with Crippen LogP contribution in [0, 0.1) is 13.8 Å². The molecule has 0 atom stereocenters. The van der Waals surface area contributed by atoms with Gasteiger partial charge < -0.3 is 40.8 Å². The fourth-order valence-electron chi connectivity index (χ4n) is 4.34. The van der Waals surface area contributed by atoms with E-state index in [-0.39, 0.29) is 40.7 Å². The molecule has 4 amide bonds. The van der Waals surface area contributed by atoms with E-state index in [0.29, 0.717) is 45.0 Å². The summed E-state index contributed by atoms with van der Waals surface area (Å²) >= 11 is 0. The quantitative estimate of drug-likeness (QED) is 0.0787. The van der Waals surface area contributed by atoms with Crippen molar-refractivity contribution in [1.82, 2.24) is 0 Å². The summed E-state index contributed by atoms with van der Waals surface area (Å²) in [5.74, 6) is -0.922. The number of benzene rings is 4. The third-order valence-corrected chi connectivity index (χ3v) is 8.25. The predicted molar refractivity (Wildman–Crippen MR) is 181 cm³/mol. The molecule has 241 valence electrons. The number of hydrogen-bond donors (Lipinski definition) is 8. The van der Waals surface area contributed by atoms with E-state index in [4.69, 9.17) is 19.6 Å². The fraction of sp³-hybridized carbons (Fsp3) is 0.129. The molecule has 0 spiro atoms. The fourth-order valence-corrected chi connectivity index (χ4v) is 5.71. The zero-order valence-electron chi connectivity index (χ0n) is 25.7. The second-order valence-electron chi connectivity index (χ2n) is 10.6. The molecule has 0 aliphatic rings. The summed E-state index contributed by atoms with van der Waals surface area (Å²) < 4.78 is 22.4. The van der Waals surface area contributed by atoms with Crippen LogP contribution in [0.5, 0.6) is 0 Å². The van der Waals surface area contributed by atoms with Gasteiger partial charge in [-0.05, 0) is 84.6 Å². The Morgan fingerprint density at radius 1 is 0.553 bits per heavy atom. The molecule has 0 aliphatic carbocycles. The molecule has 8 N–H and O–H groups in total. The Morgan fingerprint density at radius 2 is 0.894 bits per heavy atom. The largest absolute Gasteiger partial charge is 0.329 e. The van der Waals surface area contributed by atoms with Crippen molar-refractivity contribution in [3.63, 3.8) is 0 Å². The molecular weight excluding hydrogens is 657 g/mol. The smallest absolute Gasteiger partial charge is 0.324 e. The minimum Gasteiger partial charge on any atom is -0.324 e. The normalized spacial score (nSPS) is 11.2. The summed E-state index contributed by atoms with van der Waals surface area (Å²) in [6.45, 7) is 3.51. The van der Waals surface area contributed by atoms with E-state index in [0.717, 1.165) is 0 Å². The molecule has 4 aromatic carbocycles. The van der Waals surface area contributed by atoms with Crippen LogP contribution in [0.3, 0.4) is 0 Å². The van der Waals surface area contributed by atoms with Crippen molar-refractivity contribution in [3.8, 4) is 0 Å². The number of rotatable bonds is 10. The van der Waals surface area contributed by atoms with Crippen LogP contribution in [-0.2, 0) is 21.5 Å². The average Bonchev–Trinajstić information content (AvgIpc) is 2.96. The monoisotopic (exact) mass is 689 g/mol. The van der Waals surface area contributed by atoms with Gasteiger partial charge in [-0.1, -0.05) is 36.4 Å². The Bertz CT molecular complexity index is 1740. The van der Waals surface area contributed by atoms with Crippen LogP contribution in [0.25, 0.3) is 0 Å². The Morgan fingerprint density at radius 3 is 1.21 bits per heavy atom. The van der Waals surface area contributed by atoms with Gasteiger partial charge in [0.15, 0.2) is 0 Å². The van der Waals surface area contributed by atoms with Crippen molar-refractivity contribution >= 4 is 85.3 Å². The summed E-state index contributed by atoms with van der Waals surface area (Å²) in [6, 6.07) is 21.1. The van der Waals surface area contributed by atoms with Crippen molar-refractivity contribution in [2.75, 3.05) is 21.3 Å². The molecule has 16 heteroatoms. The van der Waals surface area contributed by atoms with Crippen molar-refractivity contribution in [1.29, 1.82) is 0 Å². The zero-order valence-corrected chi connectivity index (χ0v) is 29.5. The van der Waals surface area contributed by atoms with E-state index in [1.165, 1.54) is 60.7 Å². The van der Waals surface area contributed by atoms with Gasteiger partial charge >= 0.3 is 21.2 Å². The number of hydrogen-bond acceptors (Lipinski definition) is 5. The molecule has 4 rings (SSSR count). The standard InChI is InChI=1S/C31H32N4O9P2.Na/c1-19-3-9-23(29(36)32-25-11-5-21(6-12-25)17-45(39,40)41)15-27(19)34-31(38)35-28-16-24(10-4-20(28)2)30(37)33-26-13-7-22(8-14-26)18-46(42,43)44;/h3-16H,17-18H2,1-2H3,(H,32,36)(H,33,37)(H2,34,35,38)(H2,39,40,41)(H2,42,43,44);. The summed E-state index contributed by atoms with van der Waals surface area (Å²) in [4.78, 5) is 75.2. The van der Waals surface area contributed by atoms with E-state index in [9.17, 15) is 23.5 Å². The molecule has 47 heavy (non-hydrogen) atoms. The van der Waals surface area contributed by atoms with E-state index in [1.54, 1.807) is 38.1 Å². The van der Waals surface area contributed by atoms with Gasteiger partial charge in [-0.3, -0.25) is 18.7 Å². The van der Waals surface area contributed by atoms with Gasteiger partial charge in [-0.25, -0.2) is 4.79 Å². The first-order chi connectivity index (χ1) is 21.5. The number of urea groups is 1. The van der Waals surface area contributed by atoms with E-state index in [2.05, 4.69) is 21.3 Å². The van der Waals surface area contributed by atoms with Crippen LogP contribution in [0.15, 0.2) is 84.9 Å². The maximum absolute atomic E-state index is 13.0. The second-order valence-corrected chi connectivity index (χ2v) is 13.9. The molecule has 1 radical (unpaired) electrons. The van der Waals surface area contributed by atoms with E-state index < -0.39 is 45.4 Å². The molecule has 0 aromatic heterocycles. The van der Waals surface area contributed by atoms with Gasteiger partial charge in [0.05, 0.1) is 12.3 Å². The second kappa shape index (κ2) is 16.0. The average molecular weight is 690 g/mol. The maximum Gasteiger partial charge on any atom is 0.329 e. The summed E-state index contributed by atoms with van der Waals surface area (Å²) in [7, 11) is -8.43. The predicted octanol–water partition coefficient (Wildman–Crippen LogP) is 5.43. The minimum atomic E-state index is -4.22. The number of aryl methyl sites for hydroxylation is 2. The summed E-state index contributed by atoms with van der Waals surface area (Å²) in [5, 5.41) is 10.9. The molecule has 0 fully saturated rings. The number of amides is 4. The van der Waals surface area contributed by atoms with Crippen molar-refractivity contribution < 1.29 is 43.1 Å². The number of nitrogens with one attached hydrogen (secondary N) is 4. The Labute approximate surface area is 292 Å². The Hall–Kier alpha value is -3.61. The third-order valence-electron chi connectivity index (χ3n) is 6.70. The molecule has 0 aliphatic heterocycles. The molecule has 13 nitrogen and oxygen atoms in total. The molecule has 0 unspecified atom stereocenters. The van der Waals surface area contributed by atoms with Crippen molar-refractivity contribution in [2.24, 2.45) is 0 Å². The molecule has 0 saturated carbocycles. The Balaban J connectivity index is 0.00000600. The number of anilines is 4. The number of carbonyl (C=O) groups excluding carboxylic acids is 3. The van der Waals surface area contributed by atoms with Crippen LogP contribution in [0.2, 0.25) is 0 Å². The van der Waals surface area contributed by atoms with Gasteiger partial charge in [-0.15, -0.1) is 0 Å². The van der Waals surface area contributed by atoms with E-state index >= 15 is 0 Å². The summed E-state index contributed by atoms with van der Waals surface area (Å²) in [5.41, 5.74) is 4.31. The van der Waals surface area contributed by atoms with Gasteiger partial charge in [0, 0.05) is 63.4 Å². The van der Waals surface area contributed by atoms with Crippen molar-refractivity contribution in [3.05, 3.63) is 118 Å². The molecule has 0 bridgehead atoms. The topological polar surface area (TPSA) is 214 Å². The van der Waals surface area contributed by atoms with Crippen LogP contribution < -0.4 is 21.3 Å². The van der Waals surface area contributed by atoms with E-state index in [1.807, 2.05) is 0 Å². The third kappa shape index (κ3) is 11.9. The van der Waals surface area contributed by atoms with Crippen LogP contribution in [-0.4, -0.2) is 67.0 Å². The molecule has 0 saturated heterocycles. The first-order valence-corrected chi connectivity index (χ1v) is 17.3. The molecular formula is C31H32N4NaO9P2. The first-order valence-electron chi connectivity index (χ1n) is 13.7. The van der Waals surface area contributed by atoms with Crippen LogP contribution in [0.4, 0.5) is 27.5 Å². The van der Waals surface area contributed by atoms with Crippen LogP contribution >= 0.6 is 15.2 Å². The first kappa shape index (κ1) is 37.8. The maximum atomic E-state index is 13.0. The van der Waals surface area contributed by atoms with Crippen LogP contribution in [0.1, 0.15) is 43.0 Å². The number of carbonyl (C=O) groups is 3. The van der Waals surface area contributed by atoms with Gasteiger partial charge in [0.25, 0.3) is 11.8 Å². The van der Waals surface area contributed by atoms with Gasteiger partial charge in [0.2, 0.25) is 0 Å². The minimum absolute atomic E-state index is 0. The summed E-state index contributed by atoms with van der Waals surface area (Å²) in [6.07, 6.45) is -0.818. The Kier molecular flexibility index (Phi) is 12.9. The van der Waals surface area contributed by atoms with Gasteiger partial charge in [-0.2, -0.15) is 0 Å². The molecule has 4 aromatic rings. The van der Waals surface area contributed by atoms with Crippen molar-refractivity contribution in [2.45, 2.75) is 26.2 Å². The van der Waals surface area contributed by atoms with Gasteiger partial charge in [0.1, 0.15) is 0 Å². The zero-order chi connectivity index (χ0) is 33.6. The SMILES string of the molecule is Cc1ccc(C(=O)Nc2ccc(CP(=O)(O)O)cc2)cc1NC(=O)Nc1cc(C(=O)Nc2ccc(CP(=O)(O)O)cc2)ccc1C.[Na]. The molecule has 0 heterocycles.